The van der Waals surface area contributed by atoms with Gasteiger partial charge in [0.2, 0.25) is 0 Å². The predicted molar refractivity (Wildman–Crippen MR) is 163 cm³/mol. The van der Waals surface area contributed by atoms with Crippen molar-refractivity contribution in [3.63, 3.8) is 0 Å². The van der Waals surface area contributed by atoms with E-state index in [0.29, 0.717) is 28.1 Å². The Morgan fingerprint density at radius 1 is 1.02 bits per heavy atom. The summed E-state index contributed by atoms with van der Waals surface area (Å²) < 4.78 is 16.0. The third-order valence-corrected chi connectivity index (χ3v) is 6.84. The van der Waals surface area contributed by atoms with Crippen molar-refractivity contribution in [2.75, 3.05) is 0 Å². The zero-order chi connectivity index (χ0) is 30.8. The van der Waals surface area contributed by atoms with Gasteiger partial charge >= 0.3 is 5.97 Å². The van der Waals surface area contributed by atoms with Gasteiger partial charge in [-0.15, -0.1) is 0 Å². The van der Waals surface area contributed by atoms with Gasteiger partial charge in [-0.2, -0.15) is 0 Å². The molecule has 0 radical (unpaired) electrons. The van der Waals surface area contributed by atoms with E-state index in [1.807, 2.05) is 61.7 Å². The van der Waals surface area contributed by atoms with E-state index in [-0.39, 0.29) is 31.2 Å². The molecule has 1 heterocycles. The van der Waals surface area contributed by atoms with Crippen LogP contribution >= 0.6 is 0 Å². The minimum atomic E-state index is -1.19. The highest BCUT2D eigenvalue weighted by Crippen LogP contribution is 2.42. The van der Waals surface area contributed by atoms with Crippen LogP contribution in [0.1, 0.15) is 62.0 Å². The van der Waals surface area contributed by atoms with Gasteiger partial charge < -0.3 is 25.2 Å². The van der Waals surface area contributed by atoms with Crippen LogP contribution in [0.4, 0.5) is 4.39 Å². The van der Waals surface area contributed by atoms with Crippen molar-refractivity contribution in [1.82, 2.24) is 9.88 Å². The van der Waals surface area contributed by atoms with E-state index < -0.39 is 30.4 Å². The van der Waals surface area contributed by atoms with Crippen LogP contribution in [0.25, 0.3) is 22.4 Å². The molecule has 7 nitrogen and oxygen atoms in total. The Kier molecular flexibility index (Phi) is 11.6. The molecule has 3 rings (SSSR count). The van der Waals surface area contributed by atoms with Crippen molar-refractivity contribution in [2.24, 2.45) is 0 Å². The number of aliphatic carboxylic acids is 1. The lowest BCUT2D eigenvalue weighted by molar-refractivity contribution is -0.139. The Morgan fingerprint density at radius 3 is 2.26 bits per heavy atom. The number of halogens is 1. The lowest BCUT2D eigenvalue weighted by Gasteiger charge is -2.20. The molecule has 222 valence electrons. The molecule has 2 aromatic carbocycles. The van der Waals surface area contributed by atoms with Crippen molar-refractivity contribution in [2.45, 2.75) is 64.7 Å². The number of benzene rings is 2. The van der Waals surface area contributed by atoms with Crippen LogP contribution in [0.5, 0.6) is 0 Å². The zero-order valence-electron chi connectivity index (χ0n) is 24.3. The summed E-state index contributed by atoms with van der Waals surface area (Å²) in [6.45, 7) is 9.90. The van der Waals surface area contributed by atoms with Crippen molar-refractivity contribution >= 4 is 11.9 Å². The van der Waals surface area contributed by atoms with Crippen LogP contribution in [0.3, 0.4) is 0 Å². The molecule has 0 saturated carbocycles. The fourth-order valence-corrected chi connectivity index (χ4v) is 5.04. The Hall–Kier alpha value is -4.27. The molecule has 8 heteroatoms. The average molecular weight is 575 g/mol. The number of aliphatic hydroxyl groups is 2. The lowest BCUT2D eigenvalue weighted by atomic mass is 9.94. The molecule has 1 aromatic heterocycles. The number of allylic oxidation sites excluding steroid dienone is 4. The highest BCUT2D eigenvalue weighted by Gasteiger charge is 2.31. The SMILES string of the molecule is C=C/C(=C\C=C/C)NC(=O)c1c(-c2ccccc2)c(-c2ccc(F)cc2)n(CC[C@@H](O)CC(O)CC(=O)O)c1C(C)C. The summed E-state index contributed by atoms with van der Waals surface area (Å²) in [5.74, 6) is -2.02. The quantitative estimate of drug-likeness (QED) is 0.166. The molecule has 0 bridgehead atoms. The molecule has 0 aliphatic carbocycles. The van der Waals surface area contributed by atoms with Crippen LogP contribution in [-0.2, 0) is 11.3 Å². The summed E-state index contributed by atoms with van der Waals surface area (Å²) in [5.41, 5.74) is 4.51. The Morgan fingerprint density at radius 2 is 1.69 bits per heavy atom. The molecular formula is C34H39FN2O5. The standard InChI is InChI=1S/C34H39FN2O5/c1-5-7-13-26(6-2)36-34(42)31-30(23-11-9-8-10-12-23)33(24-14-16-25(35)17-15-24)37(32(31)22(3)4)19-18-27(38)20-28(39)21-29(40)41/h5-17,22,27-28,38-39H,2,18-21H2,1,3-4H3,(H,36,42)(H,40,41)/b7-5-,26-13+/t27-,28?/m1/s1. The first-order chi connectivity index (χ1) is 20.1. The fraction of sp³-hybridized carbons (Fsp3) is 0.294. The van der Waals surface area contributed by atoms with Crippen LogP contribution in [0, 0.1) is 5.82 Å². The normalized spacial score (nSPS) is 13.4. The van der Waals surface area contributed by atoms with E-state index in [0.717, 1.165) is 11.3 Å². The first-order valence-corrected chi connectivity index (χ1v) is 14.0. The van der Waals surface area contributed by atoms with Gasteiger partial charge in [0, 0.05) is 23.5 Å². The highest BCUT2D eigenvalue weighted by atomic mass is 19.1. The number of aromatic nitrogens is 1. The van der Waals surface area contributed by atoms with E-state index in [2.05, 4.69) is 11.9 Å². The number of nitrogens with zero attached hydrogens (tertiary/aromatic N) is 1. The Labute approximate surface area is 246 Å². The summed E-state index contributed by atoms with van der Waals surface area (Å²) in [7, 11) is 0. The van der Waals surface area contributed by atoms with E-state index >= 15 is 0 Å². The summed E-state index contributed by atoms with van der Waals surface area (Å²) in [5, 5.41) is 32.8. The first-order valence-electron chi connectivity index (χ1n) is 14.0. The second kappa shape index (κ2) is 15.1. The monoisotopic (exact) mass is 574 g/mol. The largest absolute Gasteiger partial charge is 0.481 e. The van der Waals surface area contributed by atoms with Crippen LogP contribution in [-0.4, -0.2) is 44.0 Å². The molecule has 0 spiro atoms. The summed E-state index contributed by atoms with van der Waals surface area (Å²) in [4.78, 5) is 25.1. The topological polar surface area (TPSA) is 112 Å². The van der Waals surface area contributed by atoms with E-state index in [4.69, 9.17) is 5.11 Å². The molecule has 0 aliphatic heterocycles. The van der Waals surface area contributed by atoms with Gasteiger partial charge in [0.15, 0.2) is 0 Å². The third-order valence-electron chi connectivity index (χ3n) is 6.84. The fourth-order valence-electron chi connectivity index (χ4n) is 5.04. The maximum Gasteiger partial charge on any atom is 0.305 e. The van der Waals surface area contributed by atoms with Gasteiger partial charge in [0.25, 0.3) is 5.91 Å². The second-order valence-electron chi connectivity index (χ2n) is 10.4. The number of aliphatic hydroxyl groups excluding tert-OH is 2. The summed E-state index contributed by atoms with van der Waals surface area (Å²) >= 11 is 0. The smallest absolute Gasteiger partial charge is 0.305 e. The van der Waals surface area contributed by atoms with Gasteiger partial charge in [-0.1, -0.05) is 62.9 Å². The maximum absolute atomic E-state index is 14.1. The lowest BCUT2D eigenvalue weighted by Crippen LogP contribution is -2.24. The van der Waals surface area contributed by atoms with E-state index in [9.17, 15) is 24.2 Å². The summed E-state index contributed by atoms with van der Waals surface area (Å²) in [6.07, 6.45) is 4.39. The van der Waals surface area contributed by atoms with Crippen LogP contribution in [0.15, 0.2) is 91.2 Å². The zero-order valence-corrected chi connectivity index (χ0v) is 24.3. The Balaban J connectivity index is 2.26. The number of carboxylic acids is 1. The molecule has 0 saturated heterocycles. The van der Waals surface area contributed by atoms with Crippen molar-refractivity contribution in [1.29, 1.82) is 0 Å². The van der Waals surface area contributed by atoms with Gasteiger partial charge in [0.05, 0.1) is 29.9 Å². The number of hydrogen-bond donors (Lipinski definition) is 4. The molecule has 42 heavy (non-hydrogen) atoms. The predicted octanol–water partition coefficient (Wildman–Crippen LogP) is 6.44. The number of carbonyl (C=O) groups is 2. The van der Waals surface area contributed by atoms with Gasteiger partial charge in [-0.25, -0.2) is 4.39 Å². The van der Waals surface area contributed by atoms with Gasteiger partial charge in [0.1, 0.15) is 5.82 Å². The Bertz CT molecular complexity index is 1440. The number of amides is 1. The molecular weight excluding hydrogens is 535 g/mol. The van der Waals surface area contributed by atoms with Gasteiger partial charge in [-0.05, 0) is 73.2 Å². The second-order valence-corrected chi connectivity index (χ2v) is 10.4. The molecule has 0 aliphatic rings. The minimum absolute atomic E-state index is 0.103. The third kappa shape index (κ3) is 8.15. The minimum Gasteiger partial charge on any atom is -0.481 e. The highest BCUT2D eigenvalue weighted by molar-refractivity contribution is 6.07. The van der Waals surface area contributed by atoms with E-state index in [1.165, 1.54) is 12.1 Å². The average Bonchev–Trinajstić information content (AvgIpc) is 3.30. The molecule has 1 unspecified atom stereocenters. The number of rotatable bonds is 14. The number of carbonyl (C=O) groups excluding carboxylic acids is 1. The van der Waals surface area contributed by atoms with Crippen molar-refractivity contribution in [3.05, 3.63) is 108 Å². The molecule has 1 amide bonds. The summed E-state index contributed by atoms with van der Waals surface area (Å²) in [6, 6.07) is 15.5. The van der Waals surface area contributed by atoms with E-state index in [1.54, 1.807) is 30.4 Å². The van der Waals surface area contributed by atoms with Crippen molar-refractivity contribution in [3.8, 4) is 22.4 Å². The number of nitrogens with one attached hydrogen (secondary N) is 1. The molecule has 2 atom stereocenters. The van der Waals surface area contributed by atoms with Crippen LogP contribution in [0.2, 0.25) is 0 Å². The molecule has 3 aromatic rings. The van der Waals surface area contributed by atoms with Gasteiger partial charge in [-0.3, -0.25) is 9.59 Å². The number of hydrogen-bond acceptors (Lipinski definition) is 4. The van der Waals surface area contributed by atoms with Crippen LogP contribution < -0.4 is 5.32 Å². The number of carboxylic acid groups (broad SMARTS) is 1. The van der Waals surface area contributed by atoms with Crippen molar-refractivity contribution < 1.29 is 29.3 Å². The maximum atomic E-state index is 14.1. The molecule has 0 fully saturated rings. The molecule has 4 N–H and O–H groups in total. The first kappa shape index (κ1) is 32.2.